The van der Waals surface area contributed by atoms with Gasteiger partial charge in [-0.3, -0.25) is 13.8 Å². The molecule has 3 aromatic rings. The molecule has 0 fully saturated rings. The summed E-state index contributed by atoms with van der Waals surface area (Å²) in [5.41, 5.74) is 2.74. The minimum Gasteiger partial charge on any atom is -0.772 e. The Bertz CT molecular complexity index is 850. The summed E-state index contributed by atoms with van der Waals surface area (Å²) < 4.78 is 36.9. The highest BCUT2D eigenvalue weighted by atomic mass is 79.9. The summed E-state index contributed by atoms with van der Waals surface area (Å²) in [5.74, 6) is -0.439. The van der Waals surface area contributed by atoms with Crippen LogP contribution in [0.15, 0.2) is 53.5 Å². The number of imidazole rings is 1. The summed E-state index contributed by atoms with van der Waals surface area (Å²) in [5, 5.41) is 0. The molecule has 0 radical (unpaired) electrons. The van der Waals surface area contributed by atoms with Gasteiger partial charge >= 0.3 is 0 Å². The highest BCUT2D eigenvalue weighted by Gasteiger charge is 2.13. The molecule has 1 aromatic carbocycles. The minimum atomic E-state index is -2.17. The number of halogens is 2. The molecule has 0 aliphatic heterocycles. The summed E-state index contributed by atoms with van der Waals surface area (Å²) in [6.45, 7) is 0. The van der Waals surface area contributed by atoms with Gasteiger partial charge < -0.3 is 4.55 Å². The van der Waals surface area contributed by atoms with Gasteiger partial charge in [0.05, 0.1) is 29.0 Å². The van der Waals surface area contributed by atoms with E-state index in [-0.39, 0.29) is 11.6 Å². The molecule has 0 N–H and O–H groups in total. The van der Waals surface area contributed by atoms with E-state index in [9.17, 15) is 13.2 Å². The molecule has 8 heteroatoms. The van der Waals surface area contributed by atoms with Crippen molar-refractivity contribution in [2.45, 2.75) is 5.75 Å². The molecule has 23 heavy (non-hydrogen) atoms. The lowest BCUT2D eigenvalue weighted by Gasteiger charge is -2.10. The average Bonchev–Trinajstić information content (AvgIpc) is 2.90. The molecule has 1 atom stereocenters. The topological polar surface area (TPSA) is 70.8 Å². The Morgan fingerprint density at radius 2 is 1.91 bits per heavy atom. The number of benzene rings is 1. The van der Waals surface area contributed by atoms with Crippen molar-refractivity contribution < 1.29 is 13.2 Å². The normalized spacial score (nSPS) is 12.3. The van der Waals surface area contributed by atoms with Crippen LogP contribution in [-0.4, -0.2) is 23.3 Å². The van der Waals surface area contributed by atoms with Gasteiger partial charge in [-0.1, -0.05) is 0 Å². The third-order valence-corrected chi connectivity index (χ3v) is 4.31. The lowest BCUT2D eigenvalue weighted by molar-refractivity contribution is 0.535. The molecule has 0 aliphatic rings. The van der Waals surface area contributed by atoms with E-state index in [0.717, 1.165) is 16.9 Å². The Balaban J connectivity index is 2.01. The number of pyridine rings is 1. The van der Waals surface area contributed by atoms with Crippen molar-refractivity contribution in [2.75, 3.05) is 0 Å². The molecule has 3 rings (SSSR count). The Hall–Kier alpha value is -1.90. The molecule has 2 heterocycles. The maximum absolute atomic E-state index is 13.1. The molecule has 5 nitrogen and oxygen atoms in total. The third kappa shape index (κ3) is 3.54. The zero-order valence-corrected chi connectivity index (χ0v) is 14.1. The summed E-state index contributed by atoms with van der Waals surface area (Å²) in [4.78, 5) is 8.36. The molecule has 0 amide bonds. The maximum Gasteiger partial charge on any atom is 0.132 e. The van der Waals surface area contributed by atoms with Crippen molar-refractivity contribution in [3.05, 3.63) is 65.0 Å². The molecule has 0 aliphatic carbocycles. The largest absolute Gasteiger partial charge is 0.772 e. The quantitative estimate of drug-likeness (QED) is 0.636. The molecule has 0 saturated carbocycles. The van der Waals surface area contributed by atoms with E-state index in [1.54, 1.807) is 41.4 Å². The fourth-order valence-corrected chi connectivity index (χ4v) is 3.08. The molecule has 0 saturated heterocycles. The van der Waals surface area contributed by atoms with Crippen molar-refractivity contribution in [1.82, 2.24) is 14.5 Å². The lowest BCUT2D eigenvalue weighted by atomic mass is 10.1. The van der Waals surface area contributed by atoms with Gasteiger partial charge in [0, 0.05) is 5.56 Å². The van der Waals surface area contributed by atoms with E-state index in [1.807, 2.05) is 0 Å². The van der Waals surface area contributed by atoms with E-state index in [1.165, 1.54) is 12.1 Å². The Kier molecular flexibility index (Phi) is 4.65. The summed E-state index contributed by atoms with van der Waals surface area (Å²) in [6.07, 6.45) is 3.19. The molecule has 1 unspecified atom stereocenters. The molecule has 0 spiro atoms. The van der Waals surface area contributed by atoms with Gasteiger partial charge in [0.25, 0.3) is 0 Å². The van der Waals surface area contributed by atoms with Crippen molar-refractivity contribution in [3.8, 4) is 16.9 Å². The zero-order valence-electron chi connectivity index (χ0n) is 11.6. The van der Waals surface area contributed by atoms with Crippen molar-refractivity contribution in [3.63, 3.8) is 0 Å². The predicted molar refractivity (Wildman–Crippen MR) is 87.1 cm³/mol. The van der Waals surface area contributed by atoms with E-state index in [0.29, 0.717) is 10.3 Å². The van der Waals surface area contributed by atoms with Gasteiger partial charge in [-0.25, -0.2) is 9.37 Å². The van der Waals surface area contributed by atoms with Crippen molar-refractivity contribution >= 4 is 27.0 Å². The molecule has 2 aromatic heterocycles. The smallest absolute Gasteiger partial charge is 0.132 e. The molecule has 0 bridgehead atoms. The van der Waals surface area contributed by atoms with Crippen LogP contribution in [0.2, 0.25) is 0 Å². The first-order chi connectivity index (χ1) is 11.0. The lowest BCUT2D eigenvalue weighted by Crippen LogP contribution is -2.00. The highest BCUT2D eigenvalue weighted by Crippen LogP contribution is 2.29. The van der Waals surface area contributed by atoms with Crippen molar-refractivity contribution in [2.24, 2.45) is 0 Å². The highest BCUT2D eigenvalue weighted by molar-refractivity contribution is 9.10. The van der Waals surface area contributed by atoms with Crippen LogP contribution in [0, 0.1) is 5.82 Å². The van der Waals surface area contributed by atoms with Crippen LogP contribution < -0.4 is 0 Å². The summed E-state index contributed by atoms with van der Waals surface area (Å²) >= 11 is 1.21. The van der Waals surface area contributed by atoms with Crippen LogP contribution >= 0.6 is 15.9 Å². The van der Waals surface area contributed by atoms with Crippen LogP contribution in [0.25, 0.3) is 16.9 Å². The van der Waals surface area contributed by atoms with Gasteiger partial charge in [0.2, 0.25) is 0 Å². The first-order valence-corrected chi connectivity index (χ1v) is 8.58. The van der Waals surface area contributed by atoms with Crippen LogP contribution in [-0.2, 0) is 16.8 Å². The second-order valence-electron chi connectivity index (χ2n) is 4.72. The van der Waals surface area contributed by atoms with Gasteiger partial charge in [0.1, 0.15) is 16.7 Å². The summed E-state index contributed by atoms with van der Waals surface area (Å²) in [6, 6.07) is 9.49. The minimum absolute atomic E-state index is 0.126. The Morgan fingerprint density at radius 3 is 2.52 bits per heavy atom. The van der Waals surface area contributed by atoms with E-state index >= 15 is 0 Å². The monoisotopic (exact) mass is 394 g/mol. The van der Waals surface area contributed by atoms with Gasteiger partial charge in [0.15, 0.2) is 0 Å². The number of aromatic nitrogens is 3. The summed E-state index contributed by atoms with van der Waals surface area (Å²) in [7, 11) is 0. The van der Waals surface area contributed by atoms with Crippen LogP contribution in [0.5, 0.6) is 0 Å². The number of hydrogen-bond donors (Lipinski definition) is 0. The number of rotatable bonds is 4. The van der Waals surface area contributed by atoms with Gasteiger partial charge in [-0.05, 0) is 63.4 Å². The first-order valence-electron chi connectivity index (χ1n) is 6.54. The van der Waals surface area contributed by atoms with Gasteiger partial charge in [-0.15, -0.1) is 0 Å². The fourth-order valence-electron chi connectivity index (χ4n) is 2.15. The molecular weight excluding hydrogens is 385 g/mol. The second-order valence-corrected chi connectivity index (χ2v) is 6.36. The Morgan fingerprint density at radius 1 is 1.17 bits per heavy atom. The zero-order chi connectivity index (χ0) is 16.4. The van der Waals surface area contributed by atoms with E-state index in [4.69, 9.17) is 0 Å². The number of hydrogen-bond acceptors (Lipinski definition) is 4. The van der Waals surface area contributed by atoms with Gasteiger partial charge in [-0.2, -0.15) is 0 Å². The fraction of sp³-hybridized carbons (Fsp3) is 0.0667. The Labute approximate surface area is 142 Å². The van der Waals surface area contributed by atoms with E-state index < -0.39 is 11.1 Å². The average molecular weight is 395 g/mol. The first kappa shape index (κ1) is 16.0. The third-order valence-electron chi connectivity index (χ3n) is 3.19. The SMILES string of the molecule is O=S([O-])Cc1ccc(-n2cnc(Br)c2-c2ccc(F)cc2)cn1. The molecular formula is C15H10BrFN3O2S-. The number of nitrogens with zero attached hydrogens (tertiary/aromatic N) is 3. The predicted octanol–water partition coefficient (Wildman–Crippen LogP) is 3.22. The molecule has 118 valence electrons. The van der Waals surface area contributed by atoms with Crippen LogP contribution in [0.3, 0.4) is 0 Å². The van der Waals surface area contributed by atoms with Crippen LogP contribution in [0.1, 0.15) is 5.69 Å². The van der Waals surface area contributed by atoms with Crippen LogP contribution in [0.4, 0.5) is 4.39 Å². The van der Waals surface area contributed by atoms with E-state index in [2.05, 4.69) is 25.9 Å². The maximum atomic E-state index is 13.1. The second kappa shape index (κ2) is 6.69. The standard InChI is InChI=1S/C15H11BrFN3O2S/c16-15-14(10-1-3-11(17)4-2-10)20(9-19-15)13-6-5-12(18-7-13)8-23(21)22/h1-7,9H,8H2,(H,21,22)/p-1. The van der Waals surface area contributed by atoms with Crippen molar-refractivity contribution in [1.29, 1.82) is 0 Å².